The van der Waals surface area contributed by atoms with Crippen LogP contribution in [-0.4, -0.2) is 36.3 Å². The Balaban J connectivity index is 2.60. The topological polar surface area (TPSA) is 77.7 Å². The number of esters is 1. The van der Waals surface area contributed by atoms with Gasteiger partial charge in [-0.1, -0.05) is 25.4 Å². The first-order valence-electron chi connectivity index (χ1n) is 9.60. The summed E-state index contributed by atoms with van der Waals surface area (Å²) in [5, 5.41) is 0.155. The molecular weight excluding hydrogens is 446 g/mol. The molecule has 0 saturated carbocycles. The van der Waals surface area contributed by atoms with Gasteiger partial charge in [-0.05, 0) is 61.9 Å². The number of pyridine rings is 1. The highest BCUT2D eigenvalue weighted by molar-refractivity contribution is 9.10. The van der Waals surface area contributed by atoms with Gasteiger partial charge in [0.25, 0.3) is 0 Å². The highest BCUT2D eigenvalue weighted by Gasteiger charge is 2.37. The number of anilines is 2. The molecule has 0 bridgehead atoms. The van der Waals surface area contributed by atoms with Crippen LogP contribution < -0.4 is 10.6 Å². The zero-order valence-electron chi connectivity index (χ0n) is 17.6. The van der Waals surface area contributed by atoms with E-state index < -0.39 is 17.7 Å². The van der Waals surface area contributed by atoms with Crippen molar-refractivity contribution in [1.82, 2.24) is 4.98 Å². The number of carbonyl (C=O) groups excluding carboxylic acids is 1. The fourth-order valence-electron chi connectivity index (χ4n) is 3.23. The molecule has 1 atom stereocenters. The largest absolute Gasteiger partial charge is 0.464 e. The maximum absolute atomic E-state index is 12.8. The molecule has 1 aliphatic rings. The van der Waals surface area contributed by atoms with E-state index in [4.69, 9.17) is 26.8 Å². The number of halogens is 2. The first-order valence-corrected chi connectivity index (χ1v) is 10.8. The van der Waals surface area contributed by atoms with Gasteiger partial charge in [0.15, 0.2) is 6.10 Å². The quantitative estimate of drug-likeness (QED) is 0.469. The van der Waals surface area contributed by atoms with E-state index >= 15 is 0 Å². The molecule has 1 aliphatic heterocycles. The molecule has 1 aromatic rings. The minimum atomic E-state index is -0.998. The van der Waals surface area contributed by atoms with E-state index in [0.29, 0.717) is 10.0 Å². The average Bonchev–Trinajstić information content (AvgIpc) is 2.56. The summed E-state index contributed by atoms with van der Waals surface area (Å²) in [4.78, 5) is 19.2. The monoisotopic (exact) mass is 475 g/mol. The summed E-state index contributed by atoms with van der Waals surface area (Å²) in [6.07, 6.45) is 1.04. The molecular formula is C20H31BrClN3O3. The van der Waals surface area contributed by atoms with E-state index in [1.165, 1.54) is 0 Å². The van der Waals surface area contributed by atoms with Crippen molar-refractivity contribution in [1.29, 1.82) is 0 Å². The predicted octanol–water partition coefficient (Wildman–Crippen LogP) is 5.13. The Morgan fingerprint density at radius 3 is 2.43 bits per heavy atom. The van der Waals surface area contributed by atoms with Crippen LogP contribution in [0.5, 0.6) is 0 Å². The summed E-state index contributed by atoms with van der Waals surface area (Å²) in [6.45, 7) is 13.8. The number of rotatable bonds is 5. The van der Waals surface area contributed by atoms with Gasteiger partial charge < -0.3 is 20.1 Å². The molecule has 0 spiro atoms. The Morgan fingerprint density at radius 2 is 1.93 bits per heavy atom. The van der Waals surface area contributed by atoms with Crippen molar-refractivity contribution in [3.05, 3.63) is 15.2 Å². The Kier molecular flexibility index (Phi) is 7.27. The lowest BCUT2D eigenvalue weighted by Crippen LogP contribution is -2.39. The average molecular weight is 477 g/mol. The van der Waals surface area contributed by atoms with Gasteiger partial charge in [-0.2, -0.15) is 0 Å². The summed E-state index contributed by atoms with van der Waals surface area (Å²) in [5.41, 5.74) is 7.03. The lowest BCUT2D eigenvalue weighted by Gasteiger charge is -2.40. The molecule has 158 valence electrons. The molecule has 0 unspecified atom stereocenters. The molecule has 0 aliphatic carbocycles. The first kappa shape index (κ1) is 23.2. The standard InChI is InChI=1S/C20H31BrClN3O3/c1-7-27-18(26)15(28-19(2,3)4)12-14(13(21)17(23)24-16(12)22)25-10-8-20(5,6)9-11-25/h15H,7-11H2,1-6H3,(H2,23,24)/t15-/m0/s1. The zero-order valence-corrected chi connectivity index (χ0v) is 19.9. The van der Waals surface area contributed by atoms with Crippen molar-refractivity contribution in [3.8, 4) is 0 Å². The van der Waals surface area contributed by atoms with E-state index in [-0.39, 0.29) is 23.0 Å². The number of nitrogens with zero attached hydrogens (tertiary/aromatic N) is 2. The van der Waals surface area contributed by atoms with Gasteiger partial charge in [-0.3, -0.25) is 0 Å². The second-order valence-corrected chi connectivity index (χ2v) is 10.0. The normalized spacial score (nSPS) is 18.1. The fraction of sp³-hybridized carbons (Fsp3) is 0.700. The van der Waals surface area contributed by atoms with Crippen molar-refractivity contribution in [3.63, 3.8) is 0 Å². The van der Waals surface area contributed by atoms with Crippen LogP contribution >= 0.6 is 27.5 Å². The van der Waals surface area contributed by atoms with Crippen LogP contribution in [0.2, 0.25) is 5.15 Å². The maximum atomic E-state index is 12.8. The van der Waals surface area contributed by atoms with Crippen molar-refractivity contribution in [2.75, 3.05) is 30.3 Å². The van der Waals surface area contributed by atoms with E-state index in [2.05, 4.69) is 39.7 Å². The van der Waals surface area contributed by atoms with Crippen molar-refractivity contribution in [2.45, 2.75) is 66.1 Å². The Bertz CT molecular complexity index is 724. The Labute approximate surface area is 181 Å². The van der Waals surface area contributed by atoms with Crippen LogP contribution in [0.4, 0.5) is 11.5 Å². The Hall–Kier alpha value is -1.05. The number of aromatic nitrogens is 1. The number of ether oxygens (including phenoxy) is 2. The van der Waals surface area contributed by atoms with Crippen LogP contribution in [0.15, 0.2) is 4.47 Å². The van der Waals surface area contributed by atoms with Crippen LogP contribution in [0.25, 0.3) is 0 Å². The summed E-state index contributed by atoms with van der Waals surface area (Å²) in [6, 6.07) is 0. The third kappa shape index (κ3) is 5.51. The highest BCUT2D eigenvalue weighted by atomic mass is 79.9. The molecule has 1 saturated heterocycles. The van der Waals surface area contributed by atoms with Crippen LogP contribution in [0, 0.1) is 5.41 Å². The third-order valence-corrected chi connectivity index (χ3v) is 5.87. The summed E-state index contributed by atoms with van der Waals surface area (Å²) >= 11 is 10.1. The molecule has 28 heavy (non-hydrogen) atoms. The number of nitrogens with two attached hydrogens (primary N) is 1. The molecule has 2 rings (SSSR count). The summed E-state index contributed by atoms with van der Waals surface area (Å²) in [7, 11) is 0. The molecule has 6 nitrogen and oxygen atoms in total. The third-order valence-electron chi connectivity index (χ3n) is 4.80. The van der Waals surface area contributed by atoms with Gasteiger partial charge in [-0.15, -0.1) is 0 Å². The second kappa shape index (κ2) is 8.76. The smallest absolute Gasteiger partial charge is 0.340 e. The van der Waals surface area contributed by atoms with E-state index in [0.717, 1.165) is 31.6 Å². The number of carbonyl (C=O) groups is 1. The van der Waals surface area contributed by atoms with E-state index in [1.807, 2.05) is 20.8 Å². The van der Waals surface area contributed by atoms with Gasteiger partial charge in [0.1, 0.15) is 11.0 Å². The molecule has 1 aromatic heterocycles. The second-order valence-electron chi connectivity index (χ2n) is 8.88. The van der Waals surface area contributed by atoms with Crippen molar-refractivity contribution >= 4 is 45.0 Å². The molecule has 2 heterocycles. The van der Waals surface area contributed by atoms with Crippen molar-refractivity contribution in [2.24, 2.45) is 5.41 Å². The molecule has 1 fully saturated rings. The molecule has 2 N–H and O–H groups in total. The van der Waals surface area contributed by atoms with E-state index in [9.17, 15) is 4.79 Å². The molecule has 0 aromatic carbocycles. The van der Waals surface area contributed by atoms with Gasteiger partial charge in [0.05, 0.1) is 27.9 Å². The summed E-state index contributed by atoms with van der Waals surface area (Å²) < 4.78 is 12.0. The number of nitrogen functional groups attached to an aromatic ring is 1. The lowest BCUT2D eigenvalue weighted by atomic mass is 9.82. The maximum Gasteiger partial charge on any atom is 0.340 e. The minimum Gasteiger partial charge on any atom is -0.464 e. The first-order chi connectivity index (χ1) is 12.9. The number of piperidine rings is 1. The van der Waals surface area contributed by atoms with Crippen LogP contribution in [0.3, 0.4) is 0 Å². The fourth-order valence-corrected chi connectivity index (χ4v) is 4.06. The van der Waals surface area contributed by atoms with Gasteiger partial charge in [0, 0.05) is 13.1 Å². The van der Waals surface area contributed by atoms with Gasteiger partial charge in [-0.25, -0.2) is 9.78 Å². The van der Waals surface area contributed by atoms with Crippen molar-refractivity contribution < 1.29 is 14.3 Å². The van der Waals surface area contributed by atoms with Crippen LogP contribution in [0.1, 0.15) is 66.1 Å². The zero-order chi connectivity index (χ0) is 21.3. The van der Waals surface area contributed by atoms with E-state index in [1.54, 1.807) is 6.92 Å². The lowest BCUT2D eigenvalue weighted by molar-refractivity contribution is -0.166. The molecule has 0 radical (unpaired) electrons. The predicted molar refractivity (Wildman–Crippen MR) is 117 cm³/mol. The number of hydrogen-bond acceptors (Lipinski definition) is 6. The number of hydrogen-bond donors (Lipinski definition) is 1. The summed E-state index contributed by atoms with van der Waals surface area (Å²) in [5.74, 6) is -0.205. The van der Waals surface area contributed by atoms with Gasteiger partial charge in [0.2, 0.25) is 0 Å². The van der Waals surface area contributed by atoms with Gasteiger partial charge >= 0.3 is 5.97 Å². The molecule has 0 amide bonds. The van der Waals surface area contributed by atoms with Crippen LogP contribution in [-0.2, 0) is 14.3 Å². The minimum absolute atomic E-state index is 0.155. The highest BCUT2D eigenvalue weighted by Crippen LogP contribution is 2.45. The Morgan fingerprint density at radius 1 is 1.36 bits per heavy atom. The molecule has 8 heteroatoms. The SMILES string of the molecule is CCOC(=O)[C@@H](OC(C)(C)C)c1c(Cl)nc(N)c(Br)c1N1CCC(C)(C)CC1.